The summed E-state index contributed by atoms with van der Waals surface area (Å²) < 4.78 is 0.855. The third-order valence-corrected chi connectivity index (χ3v) is 5.42. The molecule has 0 unspecified atom stereocenters. The Balaban J connectivity index is 2.01. The zero-order chi connectivity index (χ0) is 14.8. The van der Waals surface area contributed by atoms with Gasteiger partial charge in [0.15, 0.2) is 0 Å². The molecule has 3 nitrogen and oxygen atoms in total. The smallest absolute Gasteiger partial charge is 0.287 e. The SMILES string of the molecule is CCSC1=NC(=O)/C(=C2\C=Cc3ccccc3N2CC)S1. The number of rotatable bonds is 2. The summed E-state index contributed by atoms with van der Waals surface area (Å²) in [6, 6.07) is 8.25. The van der Waals surface area contributed by atoms with E-state index < -0.39 is 0 Å². The molecule has 0 spiro atoms. The highest BCUT2D eigenvalue weighted by Crippen LogP contribution is 2.39. The lowest BCUT2D eigenvalue weighted by molar-refractivity contribution is -0.113. The van der Waals surface area contributed by atoms with Crippen molar-refractivity contribution in [2.75, 3.05) is 17.2 Å². The number of amides is 1. The number of anilines is 1. The average molecular weight is 316 g/mol. The molecular formula is C16H16N2OS2. The van der Waals surface area contributed by atoms with Crippen LogP contribution in [0.4, 0.5) is 5.69 Å². The number of hydrogen-bond acceptors (Lipinski definition) is 4. The van der Waals surface area contributed by atoms with E-state index in [1.54, 1.807) is 11.8 Å². The largest absolute Gasteiger partial charge is 0.340 e. The van der Waals surface area contributed by atoms with Crippen LogP contribution in [0.2, 0.25) is 0 Å². The van der Waals surface area contributed by atoms with E-state index in [1.165, 1.54) is 17.3 Å². The van der Waals surface area contributed by atoms with E-state index in [0.29, 0.717) is 0 Å². The second-order valence-corrected chi connectivity index (χ2v) is 7.08. The second kappa shape index (κ2) is 6.12. The molecule has 5 heteroatoms. The maximum Gasteiger partial charge on any atom is 0.287 e. The van der Waals surface area contributed by atoms with Gasteiger partial charge in [-0.15, -0.1) is 0 Å². The Morgan fingerprint density at radius 3 is 2.81 bits per heavy atom. The quantitative estimate of drug-likeness (QED) is 0.768. The number of thioether (sulfide) groups is 2. The summed E-state index contributed by atoms with van der Waals surface area (Å²) >= 11 is 3.11. The van der Waals surface area contributed by atoms with E-state index >= 15 is 0 Å². The molecule has 0 aliphatic carbocycles. The van der Waals surface area contributed by atoms with E-state index in [4.69, 9.17) is 0 Å². The Kier molecular flexibility index (Phi) is 4.22. The van der Waals surface area contributed by atoms with Crippen molar-refractivity contribution in [2.24, 2.45) is 4.99 Å². The zero-order valence-electron chi connectivity index (χ0n) is 12.0. The molecule has 3 rings (SSSR count). The van der Waals surface area contributed by atoms with Crippen molar-refractivity contribution in [2.45, 2.75) is 13.8 Å². The Bertz CT molecular complexity index is 677. The number of fused-ring (bicyclic) bond motifs is 1. The van der Waals surface area contributed by atoms with E-state index in [0.717, 1.165) is 33.0 Å². The van der Waals surface area contributed by atoms with Crippen molar-refractivity contribution >= 4 is 45.6 Å². The summed E-state index contributed by atoms with van der Waals surface area (Å²) in [5.41, 5.74) is 3.29. The molecule has 0 N–H and O–H groups in total. The highest BCUT2D eigenvalue weighted by Gasteiger charge is 2.28. The Hall–Kier alpha value is -1.46. The number of carbonyl (C=O) groups is 1. The fraction of sp³-hybridized carbons (Fsp3) is 0.250. The number of carbonyl (C=O) groups excluding carboxylic acids is 1. The summed E-state index contributed by atoms with van der Waals surface area (Å²) in [6.07, 6.45) is 4.10. The summed E-state index contributed by atoms with van der Waals surface area (Å²) in [4.78, 5) is 19.3. The van der Waals surface area contributed by atoms with Crippen molar-refractivity contribution in [1.29, 1.82) is 0 Å². The van der Waals surface area contributed by atoms with Gasteiger partial charge in [-0.25, -0.2) is 0 Å². The highest BCUT2D eigenvalue weighted by molar-refractivity contribution is 8.41. The van der Waals surface area contributed by atoms with Crippen LogP contribution in [0.15, 0.2) is 45.9 Å². The van der Waals surface area contributed by atoms with Gasteiger partial charge in [0.25, 0.3) is 5.91 Å². The molecule has 0 saturated carbocycles. The fourth-order valence-electron chi connectivity index (χ4n) is 2.44. The van der Waals surface area contributed by atoms with Crippen LogP contribution in [-0.2, 0) is 4.79 Å². The molecule has 0 bridgehead atoms. The van der Waals surface area contributed by atoms with Crippen LogP contribution in [-0.4, -0.2) is 22.6 Å². The van der Waals surface area contributed by atoms with Gasteiger partial charge in [0.2, 0.25) is 0 Å². The average Bonchev–Trinajstić information content (AvgIpc) is 2.87. The molecule has 0 fully saturated rings. The van der Waals surface area contributed by atoms with Gasteiger partial charge in [0, 0.05) is 12.2 Å². The normalized spacial score (nSPS) is 20.8. The summed E-state index contributed by atoms with van der Waals surface area (Å²) in [6.45, 7) is 4.99. The first kappa shape index (κ1) is 14.5. The molecule has 2 aliphatic rings. The second-order valence-electron chi connectivity index (χ2n) is 4.57. The number of nitrogens with zero attached hydrogens (tertiary/aromatic N) is 2. The van der Waals surface area contributed by atoms with E-state index in [2.05, 4.69) is 41.9 Å². The van der Waals surface area contributed by atoms with Crippen LogP contribution < -0.4 is 4.90 Å². The topological polar surface area (TPSA) is 32.7 Å². The minimum absolute atomic E-state index is 0.117. The molecule has 1 amide bonds. The molecule has 0 aromatic heterocycles. The maximum atomic E-state index is 12.2. The predicted octanol–water partition coefficient (Wildman–Crippen LogP) is 4.13. The molecule has 1 aromatic carbocycles. The van der Waals surface area contributed by atoms with Crippen molar-refractivity contribution in [3.05, 3.63) is 46.5 Å². The lowest BCUT2D eigenvalue weighted by Crippen LogP contribution is -2.25. The van der Waals surface area contributed by atoms with Gasteiger partial charge in [-0.05, 0) is 30.4 Å². The first-order chi connectivity index (χ1) is 10.2. The van der Waals surface area contributed by atoms with E-state index in [9.17, 15) is 4.79 Å². The van der Waals surface area contributed by atoms with Gasteiger partial charge in [0.05, 0.1) is 5.70 Å². The van der Waals surface area contributed by atoms with Crippen molar-refractivity contribution in [3.8, 4) is 0 Å². The minimum Gasteiger partial charge on any atom is -0.340 e. The lowest BCUT2D eigenvalue weighted by atomic mass is 10.1. The van der Waals surface area contributed by atoms with Crippen molar-refractivity contribution in [1.82, 2.24) is 0 Å². The van der Waals surface area contributed by atoms with E-state index in [-0.39, 0.29) is 5.91 Å². The summed E-state index contributed by atoms with van der Waals surface area (Å²) in [5.74, 6) is 0.811. The molecule has 2 heterocycles. The maximum absolute atomic E-state index is 12.2. The standard InChI is InChI=1S/C16H16N2OS2/c1-3-18-12-8-6-5-7-11(12)9-10-13(18)14-15(19)17-16(21-14)20-4-2/h5-10H,3-4H2,1-2H3/b14-13-. The molecule has 21 heavy (non-hydrogen) atoms. The first-order valence-corrected chi connectivity index (χ1v) is 8.77. The molecule has 108 valence electrons. The number of benzene rings is 1. The Morgan fingerprint density at radius 1 is 1.24 bits per heavy atom. The molecule has 0 radical (unpaired) electrons. The van der Waals surface area contributed by atoms with Crippen LogP contribution in [0, 0.1) is 0 Å². The van der Waals surface area contributed by atoms with Gasteiger partial charge in [-0.3, -0.25) is 4.79 Å². The van der Waals surface area contributed by atoms with Crippen LogP contribution in [0.1, 0.15) is 19.4 Å². The van der Waals surface area contributed by atoms with Crippen LogP contribution >= 0.6 is 23.5 Å². The Morgan fingerprint density at radius 2 is 2.05 bits per heavy atom. The number of hydrogen-bond donors (Lipinski definition) is 0. The summed E-state index contributed by atoms with van der Waals surface area (Å²) in [5, 5.41) is 0. The molecule has 2 aliphatic heterocycles. The zero-order valence-corrected chi connectivity index (χ0v) is 13.6. The summed E-state index contributed by atoms with van der Waals surface area (Å²) in [7, 11) is 0. The van der Waals surface area contributed by atoms with E-state index in [1.807, 2.05) is 18.2 Å². The molecule has 1 aromatic rings. The van der Waals surface area contributed by atoms with Gasteiger partial charge in [0.1, 0.15) is 9.28 Å². The number of allylic oxidation sites excluding steroid dienone is 1. The molecular weight excluding hydrogens is 300 g/mol. The van der Waals surface area contributed by atoms with Gasteiger partial charge in [-0.1, -0.05) is 54.7 Å². The highest BCUT2D eigenvalue weighted by atomic mass is 32.2. The first-order valence-electron chi connectivity index (χ1n) is 6.97. The van der Waals surface area contributed by atoms with Gasteiger partial charge in [-0.2, -0.15) is 4.99 Å². The van der Waals surface area contributed by atoms with Crippen molar-refractivity contribution in [3.63, 3.8) is 0 Å². The van der Waals surface area contributed by atoms with Gasteiger partial charge < -0.3 is 4.90 Å². The lowest BCUT2D eigenvalue weighted by Gasteiger charge is -2.30. The van der Waals surface area contributed by atoms with Crippen LogP contribution in [0.3, 0.4) is 0 Å². The third-order valence-electron chi connectivity index (χ3n) is 3.33. The van der Waals surface area contributed by atoms with Crippen molar-refractivity contribution < 1.29 is 4.79 Å². The number of aliphatic imine (C=N–C) groups is 1. The molecule has 0 saturated heterocycles. The van der Waals surface area contributed by atoms with Crippen LogP contribution in [0.25, 0.3) is 6.08 Å². The number of para-hydroxylation sites is 1. The number of likely N-dealkylation sites (N-methyl/N-ethyl adjacent to an activating group) is 1. The monoisotopic (exact) mass is 316 g/mol. The fourth-order valence-corrected chi connectivity index (χ4v) is 4.39. The predicted molar refractivity (Wildman–Crippen MR) is 93.7 cm³/mol. The van der Waals surface area contributed by atoms with Gasteiger partial charge >= 0.3 is 0 Å². The minimum atomic E-state index is -0.117. The Labute approximate surface area is 133 Å². The van der Waals surface area contributed by atoms with Crippen LogP contribution in [0.5, 0.6) is 0 Å². The third kappa shape index (κ3) is 2.68. The molecule has 0 atom stereocenters.